The van der Waals surface area contributed by atoms with Crippen LogP contribution in [0.15, 0.2) is 0 Å². The lowest BCUT2D eigenvalue weighted by Gasteiger charge is -2.24. The van der Waals surface area contributed by atoms with Crippen molar-refractivity contribution < 1.29 is 13.2 Å². The second-order valence-corrected chi connectivity index (χ2v) is 6.02. The van der Waals surface area contributed by atoms with Gasteiger partial charge in [0.25, 0.3) is 0 Å². The number of nitrogens with one attached hydrogen (secondary N) is 1. The van der Waals surface area contributed by atoms with Crippen LogP contribution in [0.1, 0.15) is 19.8 Å². The van der Waals surface area contributed by atoms with Crippen LogP contribution in [0.2, 0.25) is 0 Å². The highest BCUT2D eigenvalue weighted by atomic mass is 32.2. The Morgan fingerprint density at radius 1 is 1.50 bits per heavy atom. The van der Waals surface area contributed by atoms with Gasteiger partial charge in [0.2, 0.25) is 15.9 Å². The van der Waals surface area contributed by atoms with Crippen LogP contribution in [0.3, 0.4) is 0 Å². The van der Waals surface area contributed by atoms with Crippen molar-refractivity contribution in [1.82, 2.24) is 9.62 Å². The molecule has 0 radical (unpaired) electrons. The Hall–Kier alpha value is -0.660. The predicted molar refractivity (Wildman–Crippen MR) is 61.3 cm³/mol. The average molecular weight is 249 g/mol. The van der Waals surface area contributed by atoms with Gasteiger partial charge in [0.1, 0.15) is 0 Å². The Labute approximate surface area is 96.2 Å². The zero-order valence-corrected chi connectivity index (χ0v) is 10.3. The summed E-state index contributed by atoms with van der Waals surface area (Å²) in [6.45, 7) is 2.89. The summed E-state index contributed by atoms with van der Waals surface area (Å²) >= 11 is 0. The van der Waals surface area contributed by atoms with Crippen LogP contribution < -0.4 is 11.1 Å². The fourth-order valence-electron chi connectivity index (χ4n) is 1.71. The van der Waals surface area contributed by atoms with E-state index in [1.165, 1.54) is 4.31 Å². The van der Waals surface area contributed by atoms with Gasteiger partial charge in [-0.25, -0.2) is 8.42 Å². The molecule has 0 spiro atoms. The smallest absolute Gasteiger partial charge is 0.221 e. The quantitative estimate of drug-likeness (QED) is 0.660. The lowest BCUT2D eigenvalue weighted by atomic mass is 10.3. The normalized spacial score (nSPS) is 21.2. The Morgan fingerprint density at radius 2 is 2.19 bits per heavy atom. The standard InChI is InChI=1S/C9H19N3O3S/c1-2-8(7-10)16(14,15)12-5-3-9(13)11-4-6-12/h8H,2-7,10H2,1H3,(H,11,13). The molecule has 0 aliphatic carbocycles. The Balaban J connectivity index is 2.78. The van der Waals surface area contributed by atoms with Crippen molar-refractivity contribution in [2.45, 2.75) is 25.0 Å². The van der Waals surface area contributed by atoms with Gasteiger partial charge in [0, 0.05) is 32.6 Å². The highest BCUT2D eigenvalue weighted by Crippen LogP contribution is 2.13. The van der Waals surface area contributed by atoms with Crippen LogP contribution in [-0.2, 0) is 14.8 Å². The van der Waals surface area contributed by atoms with Crippen LogP contribution in [0, 0.1) is 0 Å². The fourth-order valence-corrected chi connectivity index (χ4v) is 3.49. The molecule has 16 heavy (non-hydrogen) atoms. The Morgan fingerprint density at radius 3 is 2.75 bits per heavy atom. The highest BCUT2D eigenvalue weighted by Gasteiger charge is 2.30. The largest absolute Gasteiger partial charge is 0.355 e. The first-order chi connectivity index (χ1) is 7.52. The third-order valence-corrected chi connectivity index (χ3v) is 5.22. The van der Waals surface area contributed by atoms with Crippen LogP contribution in [0.5, 0.6) is 0 Å². The van der Waals surface area contributed by atoms with E-state index in [1.54, 1.807) is 6.92 Å². The SMILES string of the molecule is CCC(CN)S(=O)(=O)N1CCNC(=O)CC1. The molecule has 1 amide bonds. The number of rotatable bonds is 4. The Bertz CT molecular complexity index is 338. The monoisotopic (exact) mass is 249 g/mol. The lowest BCUT2D eigenvalue weighted by Crippen LogP contribution is -2.43. The van der Waals surface area contributed by atoms with Crippen molar-refractivity contribution in [3.8, 4) is 0 Å². The topological polar surface area (TPSA) is 92.5 Å². The molecular weight excluding hydrogens is 230 g/mol. The van der Waals surface area contributed by atoms with E-state index in [9.17, 15) is 13.2 Å². The molecule has 0 aromatic carbocycles. The molecule has 1 heterocycles. The van der Waals surface area contributed by atoms with Gasteiger partial charge in [-0.2, -0.15) is 4.31 Å². The molecule has 1 saturated heterocycles. The molecule has 3 N–H and O–H groups in total. The number of amides is 1. The van der Waals surface area contributed by atoms with E-state index in [4.69, 9.17) is 5.73 Å². The van der Waals surface area contributed by atoms with Gasteiger partial charge in [-0.1, -0.05) is 6.92 Å². The molecule has 1 aliphatic heterocycles. The second kappa shape index (κ2) is 5.60. The first-order valence-electron chi connectivity index (χ1n) is 5.48. The molecule has 1 atom stereocenters. The van der Waals surface area contributed by atoms with E-state index < -0.39 is 15.3 Å². The number of nitrogens with zero attached hydrogens (tertiary/aromatic N) is 1. The number of hydrogen-bond donors (Lipinski definition) is 2. The second-order valence-electron chi connectivity index (χ2n) is 3.81. The fraction of sp³-hybridized carbons (Fsp3) is 0.889. The van der Waals surface area contributed by atoms with E-state index in [-0.39, 0.29) is 25.4 Å². The van der Waals surface area contributed by atoms with Gasteiger partial charge in [0.05, 0.1) is 5.25 Å². The molecule has 94 valence electrons. The molecular formula is C9H19N3O3S. The summed E-state index contributed by atoms with van der Waals surface area (Å²) in [6.07, 6.45) is 0.719. The minimum absolute atomic E-state index is 0.0986. The molecule has 0 aromatic heterocycles. The predicted octanol–water partition coefficient (Wildman–Crippen LogP) is -1.12. The van der Waals surface area contributed by atoms with Crippen molar-refractivity contribution in [1.29, 1.82) is 0 Å². The maximum absolute atomic E-state index is 12.1. The maximum Gasteiger partial charge on any atom is 0.221 e. The van der Waals surface area contributed by atoms with Gasteiger partial charge in [-0.05, 0) is 6.42 Å². The summed E-state index contributed by atoms with van der Waals surface area (Å²) in [4.78, 5) is 11.1. The number of hydrogen-bond acceptors (Lipinski definition) is 4. The van der Waals surface area contributed by atoms with E-state index in [0.717, 1.165) is 0 Å². The van der Waals surface area contributed by atoms with Gasteiger partial charge >= 0.3 is 0 Å². The average Bonchev–Trinajstić information content (AvgIpc) is 2.44. The molecule has 1 rings (SSSR count). The number of carbonyl (C=O) groups excluding carboxylic acids is 1. The van der Waals surface area contributed by atoms with Crippen molar-refractivity contribution in [3.05, 3.63) is 0 Å². The summed E-state index contributed by atoms with van der Waals surface area (Å²) in [5.74, 6) is -0.0986. The van der Waals surface area contributed by atoms with Crippen molar-refractivity contribution in [2.24, 2.45) is 5.73 Å². The zero-order valence-electron chi connectivity index (χ0n) is 9.48. The lowest BCUT2D eigenvalue weighted by molar-refractivity contribution is -0.120. The summed E-state index contributed by atoms with van der Waals surface area (Å²) in [5.41, 5.74) is 5.45. The van der Waals surface area contributed by atoms with Crippen LogP contribution in [0.4, 0.5) is 0 Å². The van der Waals surface area contributed by atoms with Gasteiger partial charge in [0.15, 0.2) is 0 Å². The first-order valence-corrected chi connectivity index (χ1v) is 6.98. The van der Waals surface area contributed by atoms with E-state index in [2.05, 4.69) is 5.32 Å². The van der Waals surface area contributed by atoms with Crippen molar-refractivity contribution >= 4 is 15.9 Å². The van der Waals surface area contributed by atoms with Crippen molar-refractivity contribution in [3.63, 3.8) is 0 Å². The number of sulfonamides is 1. The minimum Gasteiger partial charge on any atom is -0.355 e. The molecule has 7 heteroatoms. The zero-order chi connectivity index (χ0) is 12.2. The minimum atomic E-state index is -3.35. The van der Waals surface area contributed by atoms with E-state index in [0.29, 0.717) is 19.5 Å². The van der Waals surface area contributed by atoms with Gasteiger partial charge < -0.3 is 11.1 Å². The summed E-state index contributed by atoms with van der Waals surface area (Å²) in [5, 5.41) is 2.10. The third kappa shape index (κ3) is 2.93. The van der Waals surface area contributed by atoms with Crippen LogP contribution in [0.25, 0.3) is 0 Å². The Kier molecular flexibility index (Phi) is 4.69. The third-order valence-electron chi connectivity index (χ3n) is 2.77. The molecule has 0 bridgehead atoms. The van der Waals surface area contributed by atoms with Crippen molar-refractivity contribution in [2.75, 3.05) is 26.2 Å². The molecule has 1 unspecified atom stereocenters. The first kappa shape index (κ1) is 13.4. The molecule has 6 nitrogen and oxygen atoms in total. The van der Waals surface area contributed by atoms with E-state index in [1.807, 2.05) is 0 Å². The van der Waals surface area contributed by atoms with Gasteiger partial charge in [-0.3, -0.25) is 4.79 Å². The van der Waals surface area contributed by atoms with Gasteiger partial charge in [-0.15, -0.1) is 0 Å². The number of nitrogens with two attached hydrogens (primary N) is 1. The van der Waals surface area contributed by atoms with Crippen LogP contribution >= 0.6 is 0 Å². The summed E-state index contributed by atoms with van der Waals surface area (Å²) in [7, 11) is -3.35. The number of carbonyl (C=O) groups is 1. The summed E-state index contributed by atoms with van der Waals surface area (Å²) in [6, 6.07) is 0. The van der Waals surface area contributed by atoms with E-state index >= 15 is 0 Å². The molecule has 0 saturated carbocycles. The van der Waals surface area contributed by atoms with Crippen LogP contribution in [-0.4, -0.2) is 50.1 Å². The molecule has 1 fully saturated rings. The highest BCUT2D eigenvalue weighted by molar-refractivity contribution is 7.89. The maximum atomic E-state index is 12.1. The molecule has 1 aliphatic rings. The molecule has 0 aromatic rings. The summed E-state index contributed by atoms with van der Waals surface area (Å²) < 4.78 is 25.6.